The van der Waals surface area contributed by atoms with E-state index in [1.165, 1.54) is 11.1 Å². The van der Waals surface area contributed by atoms with Gasteiger partial charge in [0.15, 0.2) is 0 Å². The quantitative estimate of drug-likeness (QED) is 0.101. The van der Waals surface area contributed by atoms with Crippen molar-refractivity contribution in [3.05, 3.63) is 202 Å². The van der Waals surface area contributed by atoms with E-state index < -0.39 is 0 Å². The molecule has 0 atom stereocenters. The van der Waals surface area contributed by atoms with Crippen LogP contribution in [0.25, 0.3) is 120 Å². The second-order valence-corrected chi connectivity index (χ2v) is 19.9. The first-order valence-corrected chi connectivity index (χ1v) is 22.7. The first-order valence-electron chi connectivity index (χ1n) is 22.7. The molecule has 0 aliphatic rings. The van der Waals surface area contributed by atoms with Crippen molar-refractivity contribution in [2.24, 2.45) is 0 Å². The highest BCUT2D eigenvalue weighted by molar-refractivity contribution is 6.30. The van der Waals surface area contributed by atoms with Gasteiger partial charge in [0.2, 0.25) is 0 Å². The summed E-state index contributed by atoms with van der Waals surface area (Å²) in [6.07, 6.45) is 0. The highest BCUT2D eigenvalue weighted by Gasteiger charge is 2.26. The van der Waals surface area contributed by atoms with E-state index in [1.807, 2.05) is 60.7 Å². The van der Waals surface area contributed by atoms with Crippen LogP contribution in [0.2, 0.25) is 0 Å². The van der Waals surface area contributed by atoms with Gasteiger partial charge in [-0.15, -0.1) is 0 Å². The third-order valence-corrected chi connectivity index (χ3v) is 13.8. The van der Waals surface area contributed by atoms with Crippen LogP contribution in [0, 0.1) is 0 Å². The van der Waals surface area contributed by atoms with Gasteiger partial charge in [-0.25, -0.2) is 9.59 Å². The largest absolute Gasteiger partial charge is 0.422 e. The van der Waals surface area contributed by atoms with Gasteiger partial charge < -0.3 is 8.83 Å². The minimum atomic E-state index is -0.381. The molecule has 0 N–H and O–H groups in total. The van der Waals surface area contributed by atoms with Gasteiger partial charge >= 0.3 is 11.3 Å². The van der Waals surface area contributed by atoms with Crippen molar-refractivity contribution >= 4 is 86.6 Å². The van der Waals surface area contributed by atoms with Gasteiger partial charge in [0.25, 0.3) is 0 Å². The minimum Gasteiger partial charge on any atom is -0.422 e. The van der Waals surface area contributed by atoms with Crippen LogP contribution in [-0.2, 0) is 10.8 Å². The first-order chi connectivity index (χ1) is 31.8. The van der Waals surface area contributed by atoms with E-state index in [0.29, 0.717) is 22.3 Å². The zero-order valence-electron chi connectivity index (χ0n) is 37.8. The molecule has 0 amide bonds. The first kappa shape index (κ1) is 39.7. The Morgan fingerprint density at radius 3 is 0.909 bits per heavy atom. The number of rotatable bonds is 3. The molecule has 12 aromatic rings. The molecule has 0 fully saturated rings. The molecule has 0 aliphatic heterocycles. The van der Waals surface area contributed by atoms with Crippen molar-refractivity contribution in [1.82, 2.24) is 0 Å². The Morgan fingerprint density at radius 2 is 0.606 bits per heavy atom. The molecule has 12 rings (SSSR count). The fraction of sp³-hybridized carbons (Fsp3) is 0.129. The molecule has 0 radical (unpaired) electrons. The number of benzene rings is 10. The molecule has 0 saturated heterocycles. The number of hydrogen-bond acceptors (Lipinski definition) is 4. The van der Waals surface area contributed by atoms with Crippen LogP contribution in [0.15, 0.2) is 188 Å². The molecule has 0 spiro atoms. The van der Waals surface area contributed by atoms with Crippen LogP contribution in [0.4, 0.5) is 0 Å². The van der Waals surface area contributed by atoms with E-state index in [2.05, 4.69) is 151 Å². The predicted molar refractivity (Wildman–Crippen MR) is 277 cm³/mol. The third-order valence-electron chi connectivity index (χ3n) is 13.8. The van der Waals surface area contributed by atoms with Crippen LogP contribution in [0.5, 0.6) is 0 Å². The molecule has 10 aromatic carbocycles. The normalized spacial score (nSPS) is 12.5. The average molecular weight is 855 g/mol. The second kappa shape index (κ2) is 14.3. The van der Waals surface area contributed by atoms with Crippen molar-refractivity contribution in [3.8, 4) is 33.4 Å². The number of fused-ring (bicyclic) bond motifs is 10. The summed E-state index contributed by atoms with van der Waals surface area (Å²) in [7, 11) is 0. The Hall–Kier alpha value is -7.82. The maximum absolute atomic E-state index is 14.4. The fourth-order valence-electron chi connectivity index (χ4n) is 10.5. The van der Waals surface area contributed by atoms with Gasteiger partial charge in [0.05, 0.1) is 11.1 Å². The third kappa shape index (κ3) is 6.05. The SMILES string of the molecule is CC(C)(C)c1ccc2c(ccc3oc(=O)c(-c4c5ccccc5c(-c5c6ccccc6c(-c6cc7c(ccc8cc(C(C)(C)C)ccc87)oc6=O)c6ccccc56)c5ccccc45)cc32)c1. The summed E-state index contributed by atoms with van der Waals surface area (Å²) in [5.74, 6) is 0. The molecular weight excluding hydrogens is 809 g/mol. The molecule has 2 aromatic heterocycles. The van der Waals surface area contributed by atoms with Crippen molar-refractivity contribution in [3.63, 3.8) is 0 Å². The summed E-state index contributed by atoms with van der Waals surface area (Å²) < 4.78 is 12.5. The molecule has 4 heteroatoms. The molecule has 4 nitrogen and oxygen atoms in total. The monoisotopic (exact) mass is 854 g/mol. The zero-order valence-corrected chi connectivity index (χ0v) is 37.8. The molecule has 2 heterocycles. The fourth-order valence-corrected chi connectivity index (χ4v) is 10.5. The molecular formula is C62H46O4. The topological polar surface area (TPSA) is 60.4 Å². The Morgan fingerprint density at radius 1 is 0.303 bits per heavy atom. The summed E-state index contributed by atoms with van der Waals surface area (Å²) in [5, 5.41) is 13.9. The lowest BCUT2D eigenvalue weighted by molar-refractivity contribution is 0.563. The van der Waals surface area contributed by atoms with E-state index in [1.54, 1.807) is 0 Å². The van der Waals surface area contributed by atoms with Gasteiger partial charge in [-0.2, -0.15) is 0 Å². The van der Waals surface area contributed by atoms with Crippen LogP contribution < -0.4 is 11.3 Å². The highest BCUT2D eigenvalue weighted by Crippen LogP contribution is 2.50. The van der Waals surface area contributed by atoms with E-state index in [-0.39, 0.29) is 22.1 Å². The number of hydrogen-bond donors (Lipinski definition) is 0. The van der Waals surface area contributed by atoms with Crippen molar-refractivity contribution in [1.29, 1.82) is 0 Å². The molecule has 0 unspecified atom stereocenters. The highest BCUT2D eigenvalue weighted by atomic mass is 16.4. The minimum absolute atomic E-state index is 0.00826. The summed E-state index contributed by atoms with van der Waals surface area (Å²) in [6, 6.07) is 58.8. The standard InChI is InChI=1S/C62H46O4/c1-61(2,3)37-25-27-39-35(31-37)23-29-53-49(39)33-51(59(63)65-53)55-41-15-7-11-19-45(41)57(46-20-12-8-16-42(46)55)58-47-21-13-9-17-43(47)56(44-18-10-14-22-48(44)58)52-34-50-40-28-26-38(62(4,5)6)32-36(40)24-30-54(50)66-60(52)64/h7-34H,1-6H3. The molecule has 0 aliphatic carbocycles. The molecule has 318 valence electrons. The predicted octanol–water partition coefficient (Wildman–Crippen LogP) is 16.4. The lowest BCUT2D eigenvalue weighted by Gasteiger charge is -2.22. The molecule has 66 heavy (non-hydrogen) atoms. The van der Waals surface area contributed by atoms with Crippen molar-refractivity contribution < 1.29 is 8.83 Å². The van der Waals surface area contributed by atoms with E-state index in [0.717, 1.165) is 97.7 Å². The Balaban J connectivity index is 1.15. The van der Waals surface area contributed by atoms with E-state index in [9.17, 15) is 9.59 Å². The maximum Gasteiger partial charge on any atom is 0.344 e. The summed E-state index contributed by atoms with van der Waals surface area (Å²) in [6.45, 7) is 13.3. The second-order valence-electron chi connectivity index (χ2n) is 19.9. The summed E-state index contributed by atoms with van der Waals surface area (Å²) in [5.41, 5.74) is 7.66. The van der Waals surface area contributed by atoms with E-state index >= 15 is 0 Å². The smallest absolute Gasteiger partial charge is 0.344 e. The van der Waals surface area contributed by atoms with E-state index in [4.69, 9.17) is 8.83 Å². The van der Waals surface area contributed by atoms with Gasteiger partial charge in [-0.1, -0.05) is 187 Å². The van der Waals surface area contributed by atoms with Gasteiger partial charge in [0, 0.05) is 21.9 Å². The van der Waals surface area contributed by atoms with Crippen molar-refractivity contribution in [2.75, 3.05) is 0 Å². The van der Waals surface area contributed by atoms with Crippen LogP contribution >= 0.6 is 0 Å². The maximum atomic E-state index is 14.4. The summed E-state index contributed by atoms with van der Waals surface area (Å²) >= 11 is 0. The molecule has 0 saturated carbocycles. The van der Waals surface area contributed by atoms with Crippen molar-refractivity contribution in [2.45, 2.75) is 52.4 Å². The Kier molecular flexibility index (Phi) is 8.64. The van der Waals surface area contributed by atoms with Crippen LogP contribution in [-0.4, -0.2) is 0 Å². The Bertz CT molecular complexity index is 3790. The van der Waals surface area contributed by atoms with Crippen LogP contribution in [0.1, 0.15) is 52.7 Å². The zero-order chi connectivity index (χ0) is 45.2. The van der Waals surface area contributed by atoms with Gasteiger partial charge in [-0.05, 0) is 122 Å². The van der Waals surface area contributed by atoms with Crippen LogP contribution in [0.3, 0.4) is 0 Å². The Labute approximate surface area is 381 Å². The lowest BCUT2D eigenvalue weighted by Crippen LogP contribution is -2.10. The lowest BCUT2D eigenvalue weighted by atomic mass is 9.81. The van der Waals surface area contributed by atoms with Gasteiger partial charge in [0.1, 0.15) is 11.2 Å². The van der Waals surface area contributed by atoms with Gasteiger partial charge in [-0.3, -0.25) is 0 Å². The molecule has 0 bridgehead atoms. The summed E-state index contributed by atoms with van der Waals surface area (Å²) in [4.78, 5) is 28.7. The average Bonchev–Trinajstić information content (AvgIpc) is 3.31.